The van der Waals surface area contributed by atoms with Gasteiger partial charge < -0.3 is 16.4 Å². The molecule has 3 aromatic rings. The van der Waals surface area contributed by atoms with Gasteiger partial charge in [-0.2, -0.15) is 5.10 Å². The summed E-state index contributed by atoms with van der Waals surface area (Å²) in [6.07, 6.45) is 0. The third-order valence-electron chi connectivity index (χ3n) is 4.02. The van der Waals surface area contributed by atoms with Gasteiger partial charge in [0.2, 0.25) is 0 Å². The number of H-pyrrole nitrogens is 1. The summed E-state index contributed by atoms with van der Waals surface area (Å²) in [7, 11) is 0. The Bertz CT molecular complexity index is 971. The van der Waals surface area contributed by atoms with Crippen molar-refractivity contribution in [3.05, 3.63) is 75.9 Å². The minimum Gasteiger partial charge on any atom is -0.398 e. The first-order valence-corrected chi connectivity index (χ1v) is 9.02. The number of benzene rings is 2. The van der Waals surface area contributed by atoms with E-state index in [-0.39, 0.29) is 23.5 Å². The maximum absolute atomic E-state index is 12.5. The maximum Gasteiger partial charge on any atom is 0.271 e. The van der Waals surface area contributed by atoms with E-state index in [2.05, 4.69) is 36.8 Å². The first-order valence-electron chi connectivity index (χ1n) is 8.23. The summed E-state index contributed by atoms with van der Waals surface area (Å²) in [4.78, 5) is 24.9. The molecule has 0 spiro atoms. The minimum atomic E-state index is -0.412. The molecule has 2 amide bonds. The number of carbonyl (C=O) groups excluding carboxylic acids is 2. The number of nitrogens with one attached hydrogen (secondary N) is 3. The summed E-state index contributed by atoms with van der Waals surface area (Å²) in [6.45, 7) is 1.89. The lowest BCUT2D eigenvalue weighted by Crippen LogP contribution is -2.27. The van der Waals surface area contributed by atoms with Crippen LogP contribution in [0.1, 0.15) is 39.4 Å². The van der Waals surface area contributed by atoms with Gasteiger partial charge in [0.05, 0.1) is 16.1 Å². The second-order valence-electron chi connectivity index (χ2n) is 5.91. The predicted molar refractivity (Wildman–Crippen MR) is 107 cm³/mol. The lowest BCUT2D eigenvalue weighted by atomic mass is 10.1. The van der Waals surface area contributed by atoms with Crippen LogP contribution in [0.5, 0.6) is 0 Å². The first kappa shape index (κ1) is 18.7. The molecule has 0 aliphatic heterocycles. The van der Waals surface area contributed by atoms with E-state index >= 15 is 0 Å². The lowest BCUT2D eigenvalue weighted by molar-refractivity contribution is 0.0933. The quantitative estimate of drug-likeness (QED) is 0.466. The Hall–Kier alpha value is -3.13. The molecule has 0 unspecified atom stereocenters. The van der Waals surface area contributed by atoms with Crippen LogP contribution < -0.4 is 16.4 Å². The highest BCUT2D eigenvalue weighted by Crippen LogP contribution is 2.25. The molecule has 27 heavy (non-hydrogen) atoms. The van der Waals surface area contributed by atoms with Crippen molar-refractivity contribution in [2.24, 2.45) is 0 Å². The second kappa shape index (κ2) is 8.05. The monoisotopic (exact) mass is 427 g/mol. The van der Waals surface area contributed by atoms with E-state index < -0.39 is 5.91 Å². The second-order valence-corrected chi connectivity index (χ2v) is 6.70. The lowest BCUT2D eigenvalue weighted by Gasteiger charge is -2.13. The molecule has 1 atom stereocenters. The Kier molecular flexibility index (Phi) is 5.56. The van der Waals surface area contributed by atoms with Crippen LogP contribution in [0, 0.1) is 0 Å². The molecule has 2 aromatic carbocycles. The highest BCUT2D eigenvalue weighted by molar-refractivity contribution is 9.10. The maximum atomic E-state index is 12.5. The van der Waals surface area contributed by atoms with Crippen molar-refractivity contribution in [2.75, 3.05) is 11.1 Å². The summed E-state index contributed by atoms with van der Waals surface area (Å²) in [5, 5.41) is 12.2. The number of nitrogens with zero attached hydrogens (tertiary/aromatic N) is 1. The molecule has 0 radical (unpaired) electrons. The van der Waals surface area contributed by atoms with E-state index in [1.54, 1.807) is 24.3 Å². The molecule has 0 saturated carbocycles. The zero-order chi connectivity index (χ0) is 19.4. The molecule has 1 aromatic heterocycles. The van der Waals surface area contributed by atoms with Gasteiger partial charge >= 0.3 is 0 Å². The fourth-order valence-electron chi connectivity index (χ4n) is 2.53. The number of halogens is 1. The van der Waals surface area contributed by atoms with Gasteiger partial charge in [0.25, 0.3) is 11.8 Å². The normalized spacial score (nSPS) is 11.6. The van der Waals surface area contributed by atoms with Crippen molar-refractivity contribution in [3.63, 3.8) is 0 Å². The zero-order valence-electron chi connectivity index (χ0n) is 14.5. The van der Waals surface area contributed by atoms with Gasteiger partial charge in [0.15, 0.2) is 5.82 Å². The molecule has 3 rings (SSSR count). The third kappa shape index (κ3) is 4.17. The smallest absolute Gasteiger partial charge is 0.271 e. The number of aromatic nitrogens is 2. The highest BCUT2D eigenvalue weighted by atomic mass is 79.9. The molecule has 0 aliphatic carbocycles. The van der Waals surface area contributed by atoms with Crippen LogP contribution in [-0.2, 0) is 0 Å². The Morgan fingerprint density at radius 2 is 1.74 bits per heavy atom. The average molecular weight is 428 g/mol. The fraction of sp³-hybridized carbons (Fsp3) is 0.105. The van der Waals surface area contributed by atoms with Gasteiger partial charge in [-0.25, -0.2) is 0 Å². The van der Waals surface area contributed by atoms with Crippen LogP contribution >= 0.6 is 15.9 Å². The number of aromatic amines is 1. The topological polar surface area (TPSA) is 113 Å². The summed E-state index contributed by atoms with van der Waals surface area (Å²) in [5.74, 6) is -0.545. The van der Waals surface area contributed by atoms with E-state index in [0.717, 1.165) is 5.56 Å². The van der Waals surface area contributed by atoms with Crippen molar-refractivity contribution >= 4 is 39.2 Å². The van der Waals surface area contributed by atoms with Gasteiger partial charge in [-0.1, -0.05) is 42.5 Å². The number of nitrogen functional groups attached to an aromatic ring is 1. The van der Waals surface area contributed by atoms with Crippen molar-refractivity contribution in [1.82, 2.24) is 15.5 Å². The number of amides is 2. The van der Waals surface area contributed by atoms with Crippen molar-refractivity contribution in [2.45, 2.75) is 13.0 Å². The van der Waals surface area contributed by atoms with Gasteiger partial charge in [-0.05, 0) is 40.5 Å². The van der Waals surface area contributed by atoms with E-state index in [1.165, 1.54) is 0 Å². The van der Waals surface area contributed by atoms with Crippen LogP contribution in [0.3, 0.4) is 0 Å². The summed E-state index contributed by atoms with van der Waals surface area (Å²) >= 11 is 3.32. The van der Waals surface area contributed by atoms with Gasteiger partial charge in [-0.3, -0.25) is 14.7 Å². The standard InChI is InChI=1S/C19H18BrN5O2/c1-11(12-7-3-2-4-8-12)22-19(27)16-15(20)17(25-24-16)23-18(26)13-9-5-6-10-14(13)21/h2-11H,21H2,1H3,(H,22,27)(H2,23,24,25,26)/t11-/m0/s1. The van der Waals surface area contributed by atoms with Crippen LogP contribution in [-0.4, -0.2) is 22.0 Å². The number of anilines is 2. The summed E-state index contributed by atoms with van der Waals surface area (Å²) in [6, 6.07) is 16.1. The number of hydrogen-bond acceptors (Lipinski definition) is 4. The van der Waals surface area contributed by atoms with E-state index in [1.807, 2.05) is 37.3 Å². The van der Waals surface area contributed by atoms with Crippen LogP contribution in [0.25, 0.3) is 0 Å². The molecule has 0 fully saturated rings. The Balaban J connectivity index is 1.72. The molecule has 0 bridgehead atoms. The molecular weight excluding hydrogens is 410 g/mol. The van der Waals surface area contributed by atoms with Crippen LogP contribution in [0.15, 0.2) is 59.1 Å². The Morgan fingerprint density at radius 1 is 1.07 bits per heavy atom. The molecule has 7 nitrogen and oxygen atoms in total. The minimum absolute atomic E-state index is 0.184. The molecule has 5 N–H and O–H groups in total. The van der Waals surface area contributed by atoms with E-state index in [0.29, 0.717) is 15.7 Å². The van der Waals surface area contributed by atoms with Gasteiger partial charge in [-0.15, -0.1) is 0 Å². The van der Waals surface area contributed by atoms with Crippen molar-refractivity contribution in [3.8, 4) is 0 Å². The number of para-hydroxylation sites is 1. The summed E-state index contributed by atoms with van der Waals surface area (Å²) in [5.41, 5.74) is 7.70. The van der Waals surface area contributed by atoms with Gasteiger partial charge in [0, 0.05) is 5.69 Å². The van der Waals surface area contributed by atoms with E-state index in [9.17, 15) is 9.59 Å². The zero-order valence-corrected chi connectivity index (χ0v) is 16.1. The number of nitrogens with two attached hydrogens (primary N) is 1. The fourth-order valence-corrected chi connectivity index (χ4v) is 2.99. The SMILES string of the molecule is C[C@H](NC(=O)c1[nH]nc(NC(=O)c2ccccc2N)c1Br)c1ccccc1. The first-order chi connectivity index (χ1) is 13.0. The van der Waals surface area contributed by atoms with Crippen molar-refractivity contribution in [1.29, 1.82) is 0 Å². The molecular formula is C19H18BrN5O2. The Morgan fingerprint density at radius 3 is 2.44 bits per heavy atom. The summed E-state index contributed by atoms with van der Waals surface area (Å²) < 4.78 is 0.364. The average Bonchev–Trinajstić information content (AvgIpc) is 3.03. The van der Waals surface area contributed by atoms with Crippen LogP contribution in [0.2, 0.25) is 0 Å². The number of hydrogen-bond donors (Lipinski definition) is 4. The number of carbonyl (C=O) groups is 2. The molecule has 0 saturated heterocycles. The van der Waals surface area contributed by atoms with E-state index in [4.69, 9.17) is 5.73 Å². The van der Waals surface area contributed by atoms with Crippen LogP contribution in [0.4, 0.5) is 11.5 Å². The molecule has 8 heteroatoms. The highest BCUT2D eigenvalue weighted by Gasteiger charge is 2.21. The van der Waals surface area contributed by atoms with Gasteiger partial charge in [0.1, 0.15) is 5.69 Å². The Labute approximate surface area is 164 Å². The number of rotatable bonds is 5. The molecule has 138 valence electrons. The molecule has 1 heterocycles. The molecule has 0 aliphatic rings. The largest absolute Gasteiger partial charge is 0.398 e. The van der Waals surface area contributed by atoms with Crippen molar-refractivity contribution < 1.29 is 9.59 Å². The third-order valence-corrected chi connectivity index (χ3v) is 4.79. The predicted octanol–water partition coefficient (Wildman–Crippen LogP) is 3.50.